The Hall–Kier alpha value is -3.23. The van der Waals surface area contributed by atoms with E-state index in [1.54, 1.807) is 0 Å². The van der Waals surface area contributed by atoms with Crippen LogP contribution in [0.4, 0.5) is 0 Å². The fourth-order valence-corrected chi connectivity index (χ4v) is 3.52. The SMILES string of the molecule is Cc1cc(-c2ccccc2)cc(-c2c(/C=C\CN)ccc3cccnc23)c1. The van der Waals surface area contributed by atoms with Gasteiger partial charge >= 0.3 is 0 Å². The summed E-state index contributed by atoms with van der Waals surface area (Å²) in [6.07, 6.45) is 5.94. The summed E-state index contributed by atoms with van der Waals surface area (Å²) in [5.41, 5.74) is 13.8. The van der Waals surface area contributed by atoms with Gasteiger partial charge in [0.25, 0.3) is 0 Å². The number of benzene rings is 3. The summed E-state index contributed by atoms with van der Waals surface area (Å²) < 4.78 is 0. The van der Waals surface area contributed by atoms with Crippen LogP contribution < -0.4 is 5.73 Å². The lowest BCUT2D eigenvalue weighted by Gasteiger charge is -2.13. The van der Waals surface area contributed by atoms with E-state index in [1.807, 2.05) is 24.4 Å². The van der Waals surface area contributed by atoms with Gasteiger partial charge < -0.3 is 5.73 Å². The second-order valence-electron chi connectivity index (χ2n) is 6.70. The van der Waals surface area contributed by atoms with Crippen LogP contribution in [0.15, 0.2) is 85.1 Å². The Balaban J connectivity index is 1.99. The molecule has 0 aliphatic carbocycles. The molecule has 0 bridgehead atoms. The zero-order valence-electron chi connectivity index (χ0n) is 15.4. The smallest absolute Gasteiger partial charge is 0.0786 e. The lowest BCUT2D eigenvalue weighted by Crippen LogP contribution is -1.94. The van der Waals surface area contributed by atoms with Crippen LogP contribution in [0, 0.1) is 6.92 Å². The highest BCUT2D eigenvalue weighted by molar-refractivity contribution is 5.98. The molecule has 0 saturated heterocycles. The number of rotatable bonds is 4. The van der Waals surface area contributed by atoms with Crippen LogP contribution in [-0.2, 0) is 0 Å². The van der Waals surface area contributed by atoms with E-state index in [-0.39, 0.29) is 0 Å². The molecule has 0 fully saturated rings. The molecule has 2 heteroatoms. The van der Waals surface area contributed by atoms with E-state index >= 15 is 0 Å². The van der Waals surface area contributed by atoms with Gasteiger partial charge in [0, 0.05) is 23.7 Å². The van der Waals surface area contributed by atoms with Gasteiger partial charge in [0.2, 0.25) is 0 Å². The normalized spacial score (nSPS) is 11.3. The molecule has 132 valence electrons. The van der Waals surface area contributed by atoms with Crippen molar-refractivity contribution in [3.8, 4) is 22.3 Å². The van der Waals surface area contributed by atoms with E-state index in [4.69, 9.17) is 10.7 Å². The van der Waals surface area contributed by atoms with Gasteiger partial charge in [-0.3, -0.25) is 4.98 Å². The molecule has 4 rings (SSSR count). The molecule has 4 aromatic rings. The second kappa shape index (κ2) is 7.56. The van der Waals surface area contributed by atoms with Gasteiger partial charge in [0.1, 0.15) is 0 Å². The number of hydrogen-bond acceptors (Lipinski definition) is 2. The molecule has 27 heavy (non-hydrogen) atoms. The fraction of sp³-hybridized carbons (Fsp3) is 0.0800. The lowest BCUT2D eigenvalue weighted by molar-refractivity contribution is 1.26. The van der Waals surface area contributed by atoms with Gasteiger partial charge in [-0.2, -0.15) is 0 Å². The van der Waals surface area contributed by atoms with Gasteiger partial charge in [-0.15, -0.1) is 0 Å². The van der Waals surface area contributed by atoms with Crippen molar-refractivity contribution < 1.29 is 0 Å². The molecule has 0 atom stereocenters. The molecular formula is C25H22N2. The molecule has 2 nitrogen and oxygen atoms in total. The number of hydrogen-bond donors (Lipinski definition) is 1. The number of nitrogens with two attached hydrogens (primary N) is 1. The van der Waals surface area contributed by atoms with Crippen LogP contribution in [0.1, 0.15) is 11.1 Å². The fourth-order valence-electron chi connectivity index (χ4n) is 3.52. The molecule has 2 N–H and O–H groups in total. The Kier molecular flexibility index (Phi) is 4.82. The van der Waals surface area contributed by atoms with Crippen LogP contribution in [0.3, 0.4) is 0 Å². The number of nitrogens with zero attached hydrogens (tertiary/aromatic N) is 1. The van der Waals surface area contributed by atoms with E-state index in [0.717, 1.165) is 22.0 Å². The minimum Gasteiger partial charge on any atom is -0.327 e. The van der Waals surface area contributed by atoms with Crippen LogP contribution >= 0.6 is 0 Å². The van der Waals surface area contributed by atoms with Crippen molar-refractivity contribution in [1.29, 1.82) is 0 Å². The van der Waals surface area contributed by atoms with Gasteiger partial charge in [0.15, 0.2) is 0 Å². The molecule has 0 aliphatic heterocycles. The summed E-state index contributed by atoms with van der Waals surface area (Å²) >= 11 is 0. The highest BCUT2D eigenvalue weighted by atomic mass is 14.7. The summed E-state index contributed by atoms with van der Waals surface area (Å²) in [6.45, 7) is 2.66. The summed E-state index contributed by atoms with van der Waals surface area (Å²) in [4.78, 5) is 4.69. The summed E-state index contributed by atoms with van der Waals surface area (Å²) in [5.74, 6) is 0. The number of pyridine rings is 1. The molecule has 0 amide bonds. The third-order valence-corrected chi connectivity index (χ3v) is 4.71. The molecule has 0 saturated carbocycles. The van der Waals surface area contributed by atoms with Crippen molar-refractivity contribution in [2.75, 3.05) is 6.54 Å². The molecule has 0 aliphatic rings. The zero-order valence-corrected chi connectivity index (χ0v) is 15.4. The molecule has 0 spiro atoms. The highest BCUT2D eigenvalue weighted by Gasteiger charge is 2.11. The monoisotopic (exact) mass is 350 g/mol. The van der Waals surface area contributed by atoms with Crippen molar-refractivity contribution in [3.05, 3.63) is 96.2 Å². The predicted octanol–water partition coefficient (Wildman–Crippen LogP) is 5.85. The maximum Gasteiger partial charge on any atom is 0.0786 e. The third kappa shape index (κ3) is 3.53. The average molecular weight is 350 g/mol. The number of aromatic nitrogens is 1. The number of fused-ring (bicyclic) bond motifs is 1. The third-order valence-electron chi connectivity index (χ3n) is 4.71. The molecule has 1 aromatic heterocycles. The topological polar surface area (TPSA) is 38.9 Å². The van der Waals surface area contributed by atoms with Gasteiger partial charge in [-0.05, 0) is 46.9 Å². The van der Waals surface area contributed by atoms with Crippen LogP contribution in [0.25, 0.3) is 39.2 Å². The zero-order chi connectivity index (χ0) is 18.6. The van der Waals surface area contributed by atoms with E-state index in [1.165, 1.54) is 22.3 Å². The number of aryl methyl sites for hydroxylation is 1. The first-order valence-corrected chi connectivity index (χ1v) is 9.18. The van der Waals surface area contributed by atoms with Gasteiger partial charge in [-0.1, -0.05) is 72.8 Å². The molecule has 0 radical (unpaired) electrons. The van der Waals surface area contributed by atoms with E-state index in [9.17, 15) is 0 Å². The minimum absolute atomic E-state index is 0.517. The molecular weight excluding hydrogens is 328 g/mol. The second-order valence-corrected chi connectivity index (χ2v) is 6.70. The van der Waals surface area contributed by atoms with Crippen molar-refractivity contribution >= 4 is 17.0 Å². The maximum atomic E-state index is 5.70. The summed E-state index contributed by atoms with van der Waals surface area (Å²) in [6, 6.07) is 25.6. The highest BCUT2D eigenvalue weighted by Crippen LogP contribution is 2.35. The van der Waals surface area contributed by atoms with Gasteiger partial charge in [0.05, 0.1) is 5.52 Å². The lowest BCUT2D eigenvalue weighted by atomic mass is 9.92. The predicted molar refractivity (Wildman–Crippen MR) is 115 cm³/mol. The average Bonchev–Trinajstić information content (AvgIpc) is 2.72. The Morgan fingerprint density at radius 3 is 2.48 bits per heavy atom. The van der Waals surface area contributed by atoms with Crippen molar-refractivity contribution in [2.45, 2.75) is 6.92 Å². The minimum atomic E-state index is 0.517. The largest absolute Gasteiger partial charge is 0.327 e. The maximum absolute atomic E-state index is 5.70. The molecule has 0 unspecified atom stereocenters. The summed E-state index contributed by atoms with van der Waals surface area (Å²) in [7, 11) is 0. The van der Waals surface area contributed by atoms with Crippen LogP contribution in [0.5, 0.6) is 0 Å². The first-order chi connectivity index (χ1) is 13.3. The van der Waals surface area contributed by atoms with Gasteiger partial charge in [-0.25, -0.2) is 0 Å². The molecule has 1 heterocycles. The quantitative estimate of drug-likeness (QED) is 0.501. The van der Waals surface area contributed by atoms with Crippen LogP contribution in [0.2, 0.25) is 0 Å². The Labute approximate surface area is 160 Å². The molecule has 3 aromatic carbocycles. The van der Waals surface area contributed by atoms with E-state index in [0.29, 0.717) is 6.54 Å². The van der Waals surface area contributed by atoms with E-state index < -0.39 is 0 Å². The van der Waals surface area contributed by atoms with Crippen molar-refractivity contribution in [2.24, 2.45) is 5.73 Å². The van der Waals surface area contributed by atoms with E-state index in [2.05, 4.69) is 73.7 Å². The standard InChI is InChI=1S/C25H22N2/c1-18-15-22(19-7-3-2-4-8-19)17-23(16-18)24-20(9-5-13-26)11-12-21-10-6-14-27-25(21)24/h2-12,14-17H,13,26H2,1H3/b9-5-. The Morgan fingerprint density at radius 2 is 1.67 bits per heavy atom. The summed E-state index contributed by atoms with van der Waals surface area (Å²) in [5, 5.41) is 1.14. The first-order valence-electron chi connectivity index (χ1n) is 9.18. The van der Waals surface area contributed by atoms with Crippen LogP contribution in [-0.4, -0.2) is 11.5 Å². The first kappa shape index (κ1) is 17.2. The van der Waals surface area contributed by atoms with Crippen molar-refractivity contribution in [1.82, 2.24) is 4.98 Å². The Bertz CT molecular complexity index is 1110. The Morgan fingerprint density at radius 1 is 0.852 bits per heavy atom. The van der Waals surface area contributed by atoms with Crippen molar-refractivity contribution in [3.63, 3.8) is 0 Å².